The zero-order valence-electron chi connectivity index (χ0n) is 19.0. The Morgan fingerprint density at radius 3 is 2.62 bits per heavy atom. The average molecular weight is 515 g/mol. The van der Waals surface area contributed by atoms with Crippen LogP contribution in [-0.2, 0) is 10.0 Å². The third kappa shape index (κ3) is 4.71. The third-order valence-corrected chi connectivity index (χ3v) is 10.4. The van der Waals surface area contributed by atoms with Crippen LogP contribution >= 0.6 is 22.7 Å². The van der Waals surface area contributed by atoms with E-state index in [4.69, 9.17) is 0 Å². The first kappa shape index (κ1) is 23.3. The number of hydrogen-bond acceptors (Lipinski definition) is 9. The minimum atomic E-state index is -3.54. The highest BCUT2D eigenvalue weighted by Gasteiger charge is 2.30. The molecule has 1 aliphatic heterocycles. The van der Waals surface area contributed by atoms with Gasteiger partial charge in [-0.1, -0.05) is 30.3 Å². The Morgan fingerprint density at radius 1 is 1.09 bits per heavy atom. The van der Waals surface area contributed by atoms with Crippen molar-refractivity contribution in [2.45, 2.75) is 24.1 Å². The highest BCUT2D eigenvalue weighted by Crippen LogP contribution is 2.31. The maximum absolute atomic E-state index is 13.2. The van der Waals surface area contributed by atoms with Gasteiger partial charge in [-0.15, -0.1) is 22.7 Å². The molecule has 0 spiro atoms. The molecule has 4 aromatic rings. The summed E-state index contributed by atoms with van der Waals surface area (Å²) < 4.78 is 29.3. The van der Waals surface area contributed by atoms with Gasteiger partial charge in [0, 0.05) is 44.3 Å². The van der Waals surface area contributed by atoms with Gasteiger partial charge in [-0.2, -0.15) is 4.31 Å². The molecule has 0 saturated carbocycles. The van der Waals surface area contributed by atoms with E-state index in [1.165, 1.54) is 17.5 Å². The molecule has 1 N–H and O–H groups in total. The molecule has 0 bridgehead atoms. The number of aromatic nitrogens is 3. The number of fused-ring (bicyclic) bond motifs is 1. The van der Waals surface area contributed by atoms with Gasteiger partial charge >= 0.3 is 0 Å². The highest BCUT2D eigenvalue weighted by molar-refractivity contribution is 7.91. The lowest BCUT2D eigenvalue weighted by Gasteiger charge is -2.35. The van der Waals surface area contributed by atoms with Crippen LogP contribution in [0.4, 0.5) is 5.82 Å². The molecule has 34 heavy (non-hydrogen) atoms. The first-order valence-corrected chi connectivity index (χ1v) is 14.2. The zero-order chi connectivity index (χ0) is 23.7. The van der Waals surface area contributed by atoms with Gasteiger partial charge < -0.3 is 5.32 Å². The lowest BCUT2D eigenvalue weighted by atomic mass is 10.2. The van der Waals surface area contributed by atoms with Crippen molar-refractivity contribution < 1.29 is 8.42 Å². The van der Waals surface area contributed by atoms with Crippen molar-refractivity contribution in [2.24, 2.45) is 0 Å². The van der Waals surface area contributed by atoms with Crippen LogP contribution in [0.2, 0.25) is 0 Å². The van der Waals surface area contributed by atoms with Gasteiger partial charge in [0.05, 0.1) is 16.4 Å². The first-order chi connectivity index (χ1) is 16.4. The van der Waals surface area contributed by atoms with E-state index >= 15 is 0 Å². The van der Waals surface area contributed by atoms with Gasteiger partial charge in [0.25, 0.3) is 10.0 Å². The molecule has 4 heterocycles. The Hall–Kier alpha value is -2.44. The molecule has 1 aliphatic rings. The number of nitrogens with one attached hydrogen (secondary N) is 1. The van der Waals surface area contributed by atoms with Crippen LogP contribution in [0.25, 0.3) is 20.8 Å². The van der Waals surface area contributed by atoms with Gasteiger partial charge in [0.2, 0.25) is 0 Å². The molecule has 1 atom stereocenters. The van der Waals surface area contributed by atoms with Crippen LogP contribution in [0, 0.1) is 6.92 Å². The molecule has 1 saturated heterocycles. The number of hydrogen-bond donors (Lipinski definition) is 1. The maximum Gasteiger partial charge on any atom is 0.254 e. The van der Waals surface area contributed by atoms with Gasteiger partial charge in [0.1, 0.15) is 17.2 Å². The monoisotopic (exact) mass is 514 g/mol. The zero-order valence-corrected chi connectivity index (χ0v) is 21.5. The van der Waals surface area contributed by atoms with E-state index in [0.29, 0.717) is 30.4 Å². The number of thiazole rings is 1. The first-order valence-electron chi connectivity index (χ1n) is 11.1. The Bertz CT molecular complexity index is 1380. The quantitative estimate of drug-likeness (QED) is 0.400. The fraction of sp³-hybridized carbons (Fsp3) is 0.348. The average Bonchev–Trinajstić information content (AvgIpc) is 3.49. The Balaban J connectivity index is 1.19. The molecular weight excluding hydrogens is 488 g/mol. The van der Waals surface area contributed by atoms with E-state index in [0.717, 1.165) is 38.7 Å². The summed E-state index contributed by atoms with van der Waals surface area (Å²) in [6.07, 6.45) is 3.08. The second-order valence-corrected chi connectivity index (χ2v) is 12.5. The molecule has 5 rings (SSSR count). The van der Waals surface area contributed by atoms with Crippen molar-refractivity contribution in [3.63, 3.8) is 0 Å². The van der Waals surface area contributed by atoms with Crippen molar-refractivity contribution in [3.05, 3.63) is 53.8 Å². The van der Waals surface area contributed by atoms with Crippen LogP contribution in [0.3, 0.4) is 0 Å². The van der Waals surface area contributed by atoms with E-state index < -0.39 is 10.0 Å². The molecule has 11 heteroatoms. The lowest BCUT2D eigenvalue weighted by molar-refractivity contribution is 0.184. The molecule has 1 fully saturated rings. The van der Waals surface area contributed by atoms with Gasteiger partial charge in [0.15, 0.2) is 4.21 Å². The summed E-state index contributed by atoms with van der Waals surface area (Å²) in [5.74, 6) is 0.858. The largest absolute Gasteiger partial charge is 0.365 e. The van der Waals surface area contributed by atoms with E-state index in [9.17, 15) is 8.42 Å². The molecule has 0 amide bonds. The predicted octanol–water partition coefficient (Wildman–Crippen LogP) is 3.93. The van der Waals surface area contributed by atoms with Gasteiger partial charge in [-0.3, -0.25) is 4.90 Å². The number of thiophene rings is 1. The molecule has 0 aliphatic carbocycles. The number of benzene rings is 1. The second-order valence-electron chi connectivity index (χ2n) is 8.42. The van der Waals surface area contributed by atoms with Crippen LogP contribution in [-0.4, -0.2) is 71.3 Å². The summed E-state index contributed by atoms with van der Waals surface area (Å²) in [6.45, 7) is 7.30. The maximum atomic E-state index is 13.2. The molecule has 0 radical (unpaired) electrons. The van der Waals surface area contributed by atoms with Crippen molar-refractivity contribution in [3.8, 4) is 10.6 Å². The number of nitrogens with zero attached hydrogens (tertiary/aromatic N) is 5. The van der Waals surface area contributed by atoms with Crippen LogP contribution in [0.1, 0.15) is 12.5 Å². The van der Waals surface area contributed by atoms with Gasteiger partial charge in [-0.05, 0) is 24.8 Å². The number of piperazine rings is 1. The molecule has 178 valence electrons. The highest BCUT2D eigenvalue weighted by atomic mass is 32.2. The fourth-order valence-corrected chi connectivity index (χ4v) is 7.78. The Labute approximate surface area is 207 Å². The summed E-state index contributed by atoms with van der Waals surface area (Å²) in [5.41, 5.74) is 3.08. The number of sulfonamides is 1. The lowest BCUT2D eigenvalue weighted by Crippen LogP contribution is -2.50. The van der Waals surface area contributed by atoms with E-state index in [-0.39, 0.29) is 6.04 Å². The second kappa shape index (κ2) is 9.67. The summed E-state index contributed by atoms with van der Waals surface area (Å²) in [4.78, 5) is 15.5. The van der Waals surface area contributed by atoms with Crippen molar-refractivity contribution in [2.75, 3.05) is 38.0 Å². The normalized spacial score (nSPS) is 16.6. The summed E-state index contributed by atoms with van der Waals surface area (Å²) in [6, 6.07) is 9.83. The topological polar surface area (TPSA) is 91.3 Å². The number of rotatable bonds is 7. The summed E-state index contributed by atoms with van der Waals surface area (Å²) in [5, 5.41) is 6.33. The van der Waals surface area contributed by atoms with Crippen molar-refractivity contribution >= 4 is 48.7 Å². The van der Waals surface area contributed by atoms with Crippen LogP contribution in [0.15, 0.2) is 52.4 Å². The fourth-order valence-electron chi connectivity index (χ4n) is 4.11. The Morgan fingerprint density at radius 2 is 1.85 bits per heavy atom. The van der Waals surface area contributed by atoms with Crippen molar-refractivity contribution in [1.29, 1.82) is 0 Å². The SMILES string of the molecule is Cc1csc2c(N[C@@H](C)CN3CCN(S(=O)(=O)c4cnc(-c5ccccc5)s4)CC3)ncnc12. The predicted molar refractivity (Wildman–Crippen MR) is 138 cm³/mol. The van der Waals surface area contributed by atoms with Crippen molar-refractivity contribution in [1.82, 2.24) is 24.2 Å². The van der Waals surface area contributed by atoms with Gasteiger partial charge in [-0.25, -0.2) is 23.4 Å². The smallest absolute Gasteiger partial charge is 0.254 e. The molecule has 8 nitrogen and oxygen atoms in total. The van der Waals surface area contributed by atoms with Crippen LogP contribution < -0.4 is 5.32 Å². The van der Waals surface area contributed by atoms with E-state index in [2.05, 4.69) is 44.4 Å². The summed E-state index contributed by atoms with van der Waals surface area (Å²) >= 11 is 2.88. The Kier molecular flexibility index (Phi) is 6.63. The minimum Gasteiger partial charge on any atom is -0.365 e. The van der Waals surface area contributed by atoms with E-state index in [1.807, 2.05) is 30.3 Å². The van der Waals surface area contributed by atoms with E-state index in [1.54, 1.807) is 22.0 Å². The standard InChI is InChI=1S/C23H26N6O2S3/c1-16-14-32-21-20(16)25-15-26-22(21)27-17(2)13-28-8-10-29(11-9-28)34(30,31)19-12-24-23(33-19)18-6-4-3-5-7-18/h3-7,12,14-15,17H,8-11,13H2,1-2H3,(H,25,26,27)/t17-/m0/s1. The number of anilines is 1. The molecule has 1 aromatic carbocycles. The molecular formula is C23H26N6O2S3. The molecule has 0 unspecified atom stereocenters. The van der Waals surface area contributed by atoms with Crippen LogP contribution in [0.5, 0.6) is 0 Å². The summed E-state index contributed by atoms with van der Waals surface area (Å²) in [7, 11) is -3.54. The number of aryl methyl sites for hydroxylation is 1. The third-order valence-electron chi connectivity index (χ3n) is 5.88. The minimum absolute atomic E-state index is 0.165. The molecule has 3 aromatic heterocycles.